The number of aromatic carboxylic acids is 1. The molecule has 16 rings (SSSR count). The highest BCUT2D eigenvalue weighted by molar-refractivity contribution is 5.95. The molecule has 33 nitrogen and oxygen atoms in total. The number of aliphatic carboxylic acids is 1. The first-order chi connectivity index (χ1) is 53.6. The van der Waals surface area contributed by atoms with Gasteiger partial charge in [-0.05, 0) is 103 Å². The maximum atomic E-state index is 12.4. The lowest BCUT2D eigenvalue weighted by molar-refractivity contribution is -0.143. The van der Waals surface area contributed by atoms with Crippen molar-refractivity contribution in [2.75, 3.05) is 60.6 Å². The Morgan fingerprint density at radius 1 is 0.432 bits per heavy atom. The number of rotatable bonds is 22. The summed E-state index contributed by atoms with van der Waals surface area (Å²) in [6, 6.07) is 34.5. The third-order valence-corrected chi connectivity index (χ3v) is 18.9. The molecular formula is C77H86ClN23O10. The molecule has 34 heteroatoms. The van der Waals surface area contributed by atoms with E-state index >= 15 is 0 Å². The lowest BCUT2D eigenvalue weighted by Gasteiger charge is -2.25. The predicted octanol–water partition coefficient (Wildman–Crippen LogP) is 5.50. The quantitative estimate of drug-likeness (QED) is 0.0372. The van der Waals surface area contributed by atoms with Crippen molar-refractivity contribution in [1.82, 2.24) is 96.9 Å². The lowest BCUT2D eigenvalue weighted by Crippen LogP contribution is -2.38. The van der Waals surface area contributed by atoms with Gasteiger partial charge in [0, 0.05) is 132 Å². The molecule has 4 aliphatic carbocycles. The van der Waals surface area contributed by atoms with Crippen LogP contribution in [-0.4, -0.2) is 191 Å². The van der Waals surface area contributed by atoms with Crippen LogP contribution in [0.1, 0.15) is 135 Å². The van der Waals surface area contributed by atoms with Crippen LogP contribution in [0, 0.1) is 0 Å². The van der Waals surface area contributed by atoms with Gasteiger partial charge in [-0.25, -0.2) is 44.7 Å². The SMILES string of the molecule is C1Cc2n[nH]nc2CN1.CCOC(=O)CCNC(=O)c1cnc(NC2Cc3ccccc3C2)nc1.Cl.O=C(NCCC(=O)N1CCc2n[nH]nc2C1)c1cnc(NC2Cc3ccccc3C2)nc1.O=C(O)CCNC(=O)c1cnc(NC2Cc3ccccc3C2)nc1.O=C(O)c1cnc(NC2Cc3ccccc3C2)nc1. The number of nitrogens with zero attached hydrogens (tertiary/aromatic N) is 13. The molecule has 0 atom stereocenters. The number of esters is 1. The second-order valence-electron chi connectivity index (χ2n) is 26.7. The van der Waals surface area contributed by atoms with Gasteiger partial charge in [0.25, 0.3) is 17.7 Å². The molecule has 4 aromatic carbocycles. The third-order valence-electron chi connectivity index (χ3n) is 18.9. The summed E-state index contributed by atoms with van der Waals surface area (Å²) < 4.78 is 4.81. The molecule has 0 spiro atoms. The van der Waals surface area contributed by atoms with E-state index in [1.54, 1.807) is 11.8 Å². The number of aromatic amines is 2. The van der Waals surface area contributed by atoms with Gasteiger partial charge in [-0.3, -0.25) is 28.8 Å². The molecule has 576 valence electrons. The molecule has 2 aliphatic heterocycles. The van der Waals surface area contributed by atoms with Crippen LogP contribution < -0.4 is 42.5 Å². The van der Waals surface area contributed by atoms with E-state index in [1.165, 1.54) is 94.1 Å². The zero-order chi connectivity index (χ0) is 76.6. The highest BCUT2D eigenvalue weighted by Crippen LogP contribution is 2.28. The summed E-state index contributed by atoms with van der Waals surface area (Å²) >= 11 is 0. The molecule has 0 fully saturated rings. The molecular weight excluding hydrogens is 1440 g/mol. The van der Waals surface area contributed by atoms with Gasteiger partial charge in [0.05, 0.1) is 65.3 Å². The first kappa shape index (κ1) is 79.3. The van der Waals surface area contributed by atoms with Gasteiger partial charge in [-0.2, -0.15) is 30.8 Å². The zero-order valence-corrected chi connectivity index (χ0v) is 61.7. The van der Waals surface area contributed by atoms with Gasteiger partial charge < -0.3 is 62.4 Å². The first-order valence-corrected chi connectivity index (χ1v) is 36.4. The van der Waals surface area contributed by atoms with Crippen molar-refractivity contribution in [3.8, 4) is 0 Å². The average Bonchev–Trinajstić information content (AvgIpc) is 1.73. The number of carboxylic acids is 2. The number of benzene rings is 4. The van der Waals surface area contributed by atoms with Crippen LogP contribution >= 0.6 is 12.4 Å². The Balaban J connectivity index is 0.000000142. The van der Waals surface area contributed by atoms with Crippen LogP contribution in [0.25, 0.3) is 0 Å². The Hall–Kier alpha value is -12.8. The molecule has 0 bridgehead atoms. The van der Waals surface area contributed by atoms with Crippen molar-refractivity contribution < 1.29 is 48.5 Å². The summed E-state index contributed by atoms with van der Waals surface area (Å²) in [4.78, 5) is 116. The molecule has 111 heavy (non-hydrogen) atoms. The van der Waals surface area contributed by atoms with E-state index in [1.807, 2.05) is 36.4 Å². The van der Waals surface area contributed by atoms with Crippen molar-refractivity contribution in [2.24, 2.45) is 0 Å². The van der Waals surface area contributed by atoms with Gasteiger partial charge >= 0.3 is 17.9 Å². The van der Waals surface area contributed by atoms with Crippen LogP contribution in [0.3, 0.4) is 0 Å². The minimum absolute atomic E-state index is 0. The molecule has 4 amide bonds. The number of carbonyl (C=O) groups excluding carboxylic acids is 5. The number of hydrogen-bond donors (Lipinski definition) is 12. The number of carboxylic acid groups (broad SMARTS) is 2. The van der Waals surface area contributed by atoms with Crippen molar-refractivity contribution in [3.05, 3.63) is 236 Å². The van der Waals surface area contributed by atoms with Crippen LogP contribution in [-0.2, 0) is 96.4 Å². The minimum atomic E-state index is -1.01. The number of aromatic nitrogens is 14. The number of halogens is 1. The summed E-state index contributed by atoms with van der Waals surface area (Å²) in [6.45, 7) is 5.58. The fraction of sp³-hybridized carbons (Fsp3) is 0.338. The predicted molar refractivity (Wildman–Crippen MR) is 410 cm³/mol. The topological polar surface area (TPSA) is 455 Å². The Labute approximate surface area is 644 Å². The minimum Gasteiger partial charge on any atom is -0.481 e. The number of amides is 4. The first-order valence-electron chi connectivity index (χ1n) is 36.4. The van der Waals surface area contributed by atoms with E-state index in [-0.39, 0.29) is 111 Å². The molecule has 6 aromatic heterocycles. The molecule has 0 saturated heterocycles. The Kier molecular flexibility index (Phi) is 28.1. The van der Waals surface area contributed by atoms with Crippen LogP contribution in [0.15, 0.2) is 147 Å². The fourth-order valence-corrected chi connectivity index (χ4v) is 13.3. The number of nitrogens with one attached hydrogen (secondary N) is 10. The molecule has 0 unspecified atom stereocenters. The average molecular weight is 1530 g/mol. The largest absolute Gasteiger partial charge is 0.481 e. The van der Waals surface area contributed by atoms with Crippen molar-refractivity contribution in [2.45, 2.75) is 128 Å². The van der Waals surface area contributed by atoms with E-state index in [0.29, 0.717) is 66.6 Å². The fourth-order valence-electron chi connectivity index (χ4n) is 13.3. The summed E-state index contributed by atoms with van der Waals surface area (Å²) in [7, 11) is 0. The highest BCUT2D eigenvalue weighted by atomic mass is 35.5. The number of H-pyrrole nitrogens is 2. The molecule has 10 aromatic rings. The molecule has 0 saturated carbocycles. The van der Waals surface area contributed by atoms with E-state index in [0.717, 1.165) is 93.7 Å². The van der Waals surface area contributed by atoms with E-state index in [9.17, 15) is 33.6 Å². The number of hydrogen-bond acceptors (Lipinski definition) is 25. The van der Waals surface area contributed by atoms with Crippen molar-refractivity contribution in [1.29, 1.82) is 0 Å². The Morgan fingerprint density at radius 2 is 0.757 bits per heavy atom. The van der Waals surface area contributed by atoms with Crippen molar-refractivity contribution >= 4 is 77.7 Å². The highest BCUT2D eigenvalue weighted by Gasteiger charge is 2.28. The van der Waals surface area contributed by atoms with Crippen molar-refractivity contribution in [3.63, 3.8) is 0 Å². The van der Waals surface area contributed by atoms with Gasteiger partial charge in [0.15, 0.2) is 0 Å². The molecule has 8 heterocycles. The number of ether oxygens (including phenoxy) is 1. The summed E-state index contributed by atoms with van der Waals surface area (Å²) in [5, 5.41) is 62.9. The lowest BCUT2D eigenvalue weighted by atomic mass is 10.1. The molecule has 0 radical (unpaired) electrons. The Bertz CT molecular complexity index is 4680. The maximum absolute atomic E-state index is 12.4. The Morgan fingerprint density at radius 3 is 1.10 bits per heavy atom. The summed E-state index contributed by atoms with van der Waals surface area (Å²) in [5.74, 6) is -1.34. The standard InChI is InChI=1S/C22H24N8O2.C19H22N4O3.C17H18N4O3.C14H13N3O2.C5H8N4.ClH/c31-20(30-8-6-18-19(13-30)28-29-27-18)5-7-23-21(32)16-11-24-22(25-12-16)26-17-9-14-3-1-2-4-15(14)10-17;1-2-26-17(24)7-8-20-18(25)15-11-21-19(22-12-15)23-16-9-13-5-3-4-6-14(13)10-16;22-15(23)5-6-18-16(24)13-9-19-17(20-10-13)21-14-7-11-3-1-2-4-12(11)8-14;18-13(19)11-7-15-14(16-8-11)17-12-5-9-3-1-2-4-10(9)6-12;1-2-6-3-5-4(1)7-9-8-5;/h1-4,11-12,17H,5-10,13H2,(H,23,32)(H,24,25,26)(H,27,28,29);3-6,11-12,16H,2,7-10H2,1H3,(H,20,25)(H,21,22,23);1-4,9-10,14H,5-8H2,(H,18,24)(H,22,23)(H,19,20,21);1-4,7-8,12H,5-6H2,(H,18,19)(H,15,16,17);6H,1-3H2,(H,7,8,9);1H. The third kappa shape index (κ3) is 22.9. The smallest absolute Gasteiger partial charge is 0.338 e. The zero-order valence-electron chi connectivity index (χ0n) is 60.9. The molecule has 12 N–H and O–H groups in total. The van der Waals surface area contributed by atoms with E-state index in [2.05, 4.69) is 174 Å². The van der Waals surface area contributed by atoms with Gasteiger partial charge in [0.1, 0.15) is 5.69 Å². The van der Waals surface area contributed by atoms with Gasteiger partial charge in [-0.1, -0.05) is 97.1 Å². The van der Waals surface area contributed by atoms with Crippen LogP contribution in [0.5, 0.6) is 0 Å². The van der Waals surface area contributed by atoms with E-state index in [4.69, 9.17) is 14.9 Å². The van der Waals surface area contributed by atoms with E-state index < -0.39 is 11.9 Å². The number of anilines is 4. The summed E-state index contributed by atoms with van der Waals surface area (Å²) in [6.07, 6.45) is 20.9. The normalized spacial score (nSPS) is 14.2. The van der Waals surface area contributed by atoms with Crippen LogP contribution in [0.4, 0.5) is 23.8 Å². The van der Waals surface area contributed by atoms with Gasteiger partial charge in [-0.15, -0.1) is 12.4 Å². The number of fused-ring (bicyclic) bond motifs is 6. The monoisotopic (exact) mass is 1530 g/mol. The second kappa shape index (κ2) is 39.4. The second-order valence-corrected chi connectivity index (χ2v) is 26.7. The molecule has 6 aliphatic rings. The van der Waals surface area contributed by atoms with Gasteiger partial charge in [0.2, 0.25) is 29.7 Å². The maximum Gasteiger partial charge on any atom is 0.338 e. The van der Waals surface area contributed by atoms with Crippen LogP contribution in [0.2, 0.25) is 0 Å². The summed E-state index contributed by atoms with van der Waals surface area (Å²) in [5.41, 5.74) is 15.8. The number of carbonyl (C=O) groups is 7.